The molecule has 26 heavy (non-hydrogen) atoms. The highest BCUT2D eigenvalue weighted by Gasteiger charge is 2.40. The van der Waals surface area contributed by atoms with E-state index in [1.165, 1.54) is 19.1 Å². The minimum atomic E-state index is -4.52. The molecule has 1 atom stereocenters. The minimum absolute atomic E-state index is 0.0383. The Kier molecular flexibility index (Phi) is 4.50. The summed E-state index contributed by atoms with van der Waals surface area (Å²) in [6.45, 7) is 1.53. The molecule has 1 unspecified atom stereocenters. The first-order chi connectivity index (χ1) is 12.3. The second-order valence-corrected chi connectivity index (χ2v) is 5.73. The van der Waals surface area contributed by atoms with Gasteiger partial charge in [0.05, 0.1) is 17.0 Å². The fourth-order valence-electron chi connectivity index (χ4n) is 2.61. The second kappa shape index (κ2) is 6.62. The van der Waals surface area contributed by atoms with Crippen molar-refractivity contribution in [1.82, 2.24) is 0 Å². The van der Waals surface area contributed by atoms with Crippen LogP contribution in [-0.2, 0) is 15.8 Å². The first-order valence-electron chi connectivity index (χ1n) is 7.69. The van der Waals surface area contributed by atoms with E-state index in [1.54, 1.807) is 30.3 Å². The van der Waals surface area contributed by atoms with Crippen molar-refractivity contribution in [1.29, 1.82) is 0 Å². The highest BCUT2D eigenvalue weighted by atomic mass is 19.4. The molecule has 2 aromatic rings. The third kappa shape index (κ3) is 3.44. The van der Waals surface area contributed by atoms with Crippen molar-refractivity contribution in [3.05, 3.63) is 60.2 Å². The van der Waals surface area contributed by atoms with E-state index in [0.717, 1.165) is 17.1 Å². The summed E-state index contributed by atoms with van der Waals surface area (Å²) in [4.78, 5) is 25.0. The lowest BCUT2D eigenvalue weighted by Crippen LogP contribution is -2.36. The summed E-state index contributed by atoms with van der Waals surface area (Å²) in [5.74, 6) is -2.48. The maximum absolute atomic E-state index is 12.8. The van der Waals surface area contributed by atoms with Gasteiger partial charge in [0.15, 0.2) is 5.92 Å². The third-order valence-corrected chi connectivity index (χ3v) is 3.85. The normalized spacial score (nSPS) is 17.2. The smallest absolute Gasteiger partial charge is 0.325 e. The van der Waals surface area contributed by atoms with E-state index in [0.29, 0.717) is 5.69 Å². The van der Waals surface area contributed by atoms with Crippen LogP contribution >= 0.6 is 0 Å². The molecule has 3 rings (SSSR count). The summed E-state index contributed by atoms with van der Waals surface area (Å²) in [6, 6.07) is 12.8. The SMILES string of the molecule is CC1=NN(c2ccccc2)C(=O)C1C(=O)Nc1cccc(C(F)(F)F)c1. The summed E-state index contributed by atoms with van der Waals surface area (Å²) < 4.78 is 38.3. The molecule has 1 N–H and O–H groups in total. The molecular weight excluding hydrogens is 347 g/mol. The number of anilines is 2. The van der Waals surface area contributed by atoms with E-state index < -0.39 is 29.5 Å². The average Bonchev–Trinajstić information content (AvgIpc) is 2.89. The predicted molar refractivity (Wildman–Crippen MR) is 90.6 cm³/mol. The monoisotopic (exact) mass is 361 g/mol. The van der Waals surface area contributed by atoms with Gasteiger partial charge < -0.3 is 5.32 Å². The van der Waals surface area contributed by atoms with E-state index in [4.69, 9.17) is 0 Å². The molecule has 0 saturated heterocycles. The van der Waals surface area contributed by atoms with E-state index in [9.17, 15) is 22.8 Å². The van der Waals surface area contributed by atoms with E-state index in [-0.39, 0.29) is 11.4 Å². The first kappa shape index (κ1) is 17.7. The van der Waals surface area contributed by atoms with Crippen molar-refractivity contribution >= 4 is 28.9 Å². The molecule has 5 nitrogen and oxygen atoms in total. The molecular formula is C18H14F3N3O2. The van der Waals surface area contributed by atoms with Gasteiger partial charge in [-0.15, -0.1) is 0 Å². The molecule has 0 aliphatic carbocycles. The number of carbonyl (C=O) groups is 2. The summed E-state index contributed by atoms with van der Waals surface area (Å²) in [6.07, 6.45) is -4.52. The number of hydrazone groups is 1. The highest BCUT2D eigenvalue weighted by molar-refractivity contribution is 6.28. The lowest BCUT2D eigenvalue weighted by atomic mass is 10.0. The number of nitrogens with zero attached hydrogens (tertiary/aromatic N) is 2. The van der Waals surface area contributed by atoms with Gasteiger partial charge in [0.25, 0.3) is 5.91 Å². The number of alkyl halides is 3. The fraction of sp³-hybridized carbons (Fsp3) is 0.167. The Morgan fingerprint density at radius 1 is 1.12 bits per heavy atom. The molecule has 1 aliphatic heterocycles. The van der Waals surface area contributed by atoms with Crippen LogP contribution in [0.1, 0.15) is 12.5 Å². The molecule has 0 radical (unpaired) electrons. The van der Waals surface area contributed by atoms with Crippen molar-refractivity contribution in [2.24, 2.45) is 11.0 Å². The Morgan fingerprint density at radius 3 is 2.46 bits per heavy atom. The molecule has 0 saturated carbocycles. The third-order valence-electron chi connectivity index (χ3n) is 3.85. The molecule has 2 amide bonds. The van der Waals surface area contributed by atoms with Gasteiger partial charge in [-0.1, -0.05) is 24.3 Å². The zero-order chi connectivity index (χ0) is 18.9. The maximum Gasteiger partial charge on any atom is 0.416 e. The summed E-state index contributed by atoms with van der Waals surface area (Å²) in [5, 5.41) is 7.58. The van der Waals surface area contributed by atoms with Gasteiger partial charge in [-0.2, -0.15) is 23.3 Å². The molecule has 8 heteroatoms. The summed E-state index contributed by atoms with van der Waals surface area (Å²) >= 11 is 0. The predicted octanol–water partition coefficient (Wildman–Crippen LogP) is 3.68. The van der Waals surface area contributed by atoms with Crippen LogP contribution in [0.25, 0.3) is 0 Å². The zero-order valence-corrected chi connectivity index (χ0v) is 13.6. The number of benzene rings is 2. The van der Waals surface area contributed by atoms with Crippen molar-refractivity contribution in [2.45, 2.75) is 13.1 Å². The largest absolute Gasteiger partial charge is 0.416 e. The molecule has 2 aromatic carbocycles. The number of rotatable bonds is 3. The van der Waals surface area contributed by atoms with Gasteiger partial charge in [0, 0.05) is 5.69 Å². The van der Waals surface area contributed by atoms with Crippen molar-refractivity contribution in [3.63, 3.8) is 0 Å². The van der Waals surface area contributed by atoms with Gasteiger partial charge in [-0.3, -0.25) is 9.59 Å². The number of carbonyl (C=O) groups excluding carboxylic acids is 2. The van der Waals surface area contributed by atoms with Crippen molar-refractivity contribution in [3.8, 4) is 0 Å². The van der Waals surface area contributed by atoms with Crippen LogP contribution in [0.5, 0.6) is 0 Å². The number of para-hydroxylation sites is 1. The Balaban J connectivity index is 1.79. The number of hydrogen-bond acceptors (Lipinski definition) is 3. The molecule has 0 bridgehead atoms. The van der Waals surface area contributed by atoms with Crippen molar-refractivity contribution < 1.29 is 22.8 Å². The van der Waals surface area contributed by atoms with E-state index >= 15 is 0 Å². The van der Waals surface area contributed by atoms with Crippen LogP contribution in [0.4, 0.5) is 24.5 Å². The standard InChI is InChI=1S/C18H14F3N3O2/c1-11-15(17(26)24(23-11)14-8-3-2-4-9-14)16(25)22-13-7-5-6-12(10-13)18(19,20)21/h2-10,15H,1H3,(H,22,25). The number of halogens is 3. The quantitative estimate of drug-likeness (QED) is 0.848. The van der Waals surface area contributed by atoms with Crippen LogP contribution in [0, 0.1) is 5.92 Å². The van der Waals surface area contributed by atoms with Crippen LogP contribution in [0.3, 0.4) is 0 Å². The highest BCUT2D eigenvalue weighted by Crippen LogP contribution is 2.31. The van der Waals surface area contributed by atoms with Gasteiger partial charge in [-0.25, -0.2) is 0 Å². The number of nitrogens with one attached hydrogen (secondary N) is 1. The topological polar surface area (TPSA) is 61.8 Å². The molecule has 134 valence electrons. The van der Waals surface area contributed by atoms with E-state index in [2.05, 4.69) is 10.4 Å². The van der Waals surface area contributed by atoms with Gasteiger partial charge in [0.2, 0.25) is 5.91 Å². The van der Waals surface area contributed by atoms with E-state index in [1.807, 2.05) is 0 Å². The van der Waals surface area contributed by atoms with Crippen LogP contribution in [0.2, 0.25) is 0 Å². The zero-order valence-electron chi connectivity index (χ0n) is 13.6. The Hall–Kier alpha value is -3.16. The fourth-order valence-corrected chi connectivity index (χ4v) is 2.61. The maximum atomic E-state index is 12.8. The molecule has 0 fully saturated rings. The average molecular weight is 361 g/mol. The summed E-state index contributed by atoms with van der Waals surface area (Å²) in [5.41, 5.74) is -0.150. The minimum Gasteiger partial charge on any atom is -0.325 e. The van der Waals surface area contributed by atoms with Gasteiger partial charge >= 0.3 is 6.18 Å². The summed E-state index contributed by atoms with van der Waals surface area (Å²) in [7, 11) is 0. The lowest BCUT2D eigenvalue weighted by molar-refractivity contribution is -0.137. The molecule has 0 spiro atoms. The van der Waals surface area contributed by atoms with Crippen LogP contribution < -0.4 is 10.3 Å². The molecule has 1 heterocycles. The van der Waals surface area contributed by atoms with Gasteiger partial charge in [0.1, 0.15) is 0 Å². The first-order valence-corrected chi connectivity index (χ1v) is 7.69. The number of hydrogen-bond donors (Lipinski definition) is 1. The van der Waals surface area contributed by atoms with Crippen molar-refractivity contribution in [2.75, 3.05) is 10.3 Å². The Morgan fingerprint density at radius 2 is 1.81 bits per heavy atom. The van der Waals surface area contributed by atoms with Gasteiger partial charge in [-0.05, 0) is 37.3 Å². The van der Waals surface area contributed by atoms with Crippen LogP contribution in [0.15, 0.2) is 59.7 Å². The number of amides is 2. The molecule has 1 aliphatic rings. The molecule has 0 aromatic heterocycles. The Bertz CT molecular complexity index is 879. The second-order valence-electron chi connectivity index (χ2n) is 5.73. The Labute approximate surface area is 147 Å². The lowest BCUT2D eigenvalue weighted by Gasteiger charge is -2.15. The van der Waals surface area contributed by atoms with Crippen LogP contribution in [-0.4, -0.2) is 17.5 Å².